The van der Waals surface area contributed by atoms with Crippen LogP contribution in [0.15, 0.2) is 48.0 Å². The van der Waals surface area contributed by atoms with Crippen molar-refractivity contribution in [3.8, 4) is 5.75 Å². The summed E-state index contributed by atoms with van der Waals surface area (Å²) in [5.41, 5.74) is 6.85. The molecule has 3 rings (SSSR count). The highest BCUT2D eigenvalue weighted by atomic mass is 19.1. The lowest BCUT2D eigenvalue weighted by molar-refractivity contribution is 0.259. The van der Waals surface area contributed by atoms with E-state index in [9.17, 15) is 4.39 Å². The molecule has 1 aliphatic carbocycles. The minimum absolute atomic E-state index is 0.185. The van der Waals surface area contributed by atoms with Crippen molar-refractivity contribution in [1.29, 1.82) is 0 Å². The van der Waals surface area contributed by atoms with Gasteiger partial charge in [-0.3, -0.25) is 0 Å². The van der Waals surface area contributed by atoms with Crippen LogP contribution in [0.25, 0.3) is 5.57 Å². The second-order valence-corrected chi connectivity index (χ2v) is 8.03. The lowest BCUT2D eigenvalue weighted by atomic mass is 9.86. The van der Waals surface area contributed by atoms with Gasteiger partial charge in [0.25, 0.3) is 0 Å². The fraction of sp³-hybridized carbons (Fsp3) is 0.417. The number of likely N-dealkylation sites (N-methyl/N-ethyl adjacent to an activating group) is 1. The normalized spacial score (nSPS) is 15.0. The molecule has 0 N–H and O–H groups in total. The Hall–Kier alpha value is -2.13. The fourth-order valence-electron chi connectivity index (χ4n) is 3.80. The summed E-state index contributed by atoms with van der Waals surface area (Å²) in [6.07, 6.45) is 3.10. The Labute approximate surface area is 162 Å². The minimum Gasteiger partial charge on any atom is -0.493 e. The molecule has 0 amide bonds. The molecule has 2 aromatic carbocycles. The van der Waals surface area contributed by atoms with Crippen LogP contribution in [0.2, 0.25) is 0 Å². The lowest BCUT2D eigenvalue weighted by Gasteiger charge is -2.24. The van der Waals surface area contributed by atoms with E-state index < -0.39 is 0 Å². The average Bonchev–Trinajstić information content (AvgIpc) is 2.64. The Kier molecular flexibility index (Phi) is 6.33. The van der Waals surface area contributed by atoms with Crippen molar-refractivity contribution in [2.24, 2.45) is 5.92 Å². The highest BCUT2D eigenvalue weighted by molar-refractivity contribution is 5.72. The van der Waals surface area contributed by atoms with Gasteiger partial charge in [-0.05, 0) is 92.7 Å². The van der Waals surface area contributed by atoms with E-state index in [1.165, 1.54) is 34.4 Å². The summed E-state index contributed by atoms with van der Waals surface area (Å²) in [6.45, 7) is 6.10. The quantitative estimate of drug-likeness (QED) is 0.653. The zero-order valence-electron chi connectivity index (χ0n) is 16.9. The molecule has 27 heavy (non-hydrogen) atoms. The van der Waals surface area contributed by atoms with E-state index in [0.717, 1.165) is 37.1 Å². The van der Waals surface area contributed by atoms with Crippen molar-refractivity contribution in [3.63, 3.8) is 0 Å². The number of ether oxygens (including phenoxy) is 1. The van der Waals surface area contributed by atoms with Gasteiger partial charge in [-0.15, -0.1) is 0 Å². The minimum atomic E-state index is -0.185. The fourth-order valence-corrected chi connectivity index (χ4v) is 3.80. The largest absolute Gasteiger partial charge is 0.493 e. The van der Waals surface area contributed by atoms with Crippen molar-refractivity contribution >= 4 is 5.57 Å². The molecule has 0 radical (unpaired) electrons. The van der Waals surface area contributed by atoms with E-state index in [4.69, 9.17) is 4.74 Å². The van der Waals surface area contributed by atoms with Gasteiger partial charge in [-0.2, -0.15) is 0 Å². The van der Waals surface area contributed by atoms with Crippen molar-refractivity contribution < 1.29 is 9.13 Å². The van der Waals surface area contributed by atoms with Crippen LogP contribution in [0.3, 0.4) is 0 Å². The Morgan fingerprint density at radius 1 is 1.07 bits per heavy atom. The van der Waals surface area contributed by atoms with Gasteiger partial charge in [0.1, 0.15) is 11.6 Å². The highest BCUT2D eigenvalue weighted by Gasteiger charge is 2.17. The summed E-state index contributed by atoms with van der Waals surface area (Å²) < 4.78 is 19.1. The van der Waals surface area contributed by atoms with Gasteiger partial charge in [-0.25, -0.2) is 4.39 Å². The maximum atomic E-state index is 13.0. The lowest BCUT2D eigenvalue weighted by Crippen LogP contribution is -2.18. The van der Waals surface area contributed by atoms with Gasteiger partial charge >= 0.3 is 0 Å². The first kappa shape index (κ1) is 19.6. The van der Waals surface area contributed by atoms with Crippen LogP contribution in [0, 0.1) is 11.7 Å². The maximum absolute atomic E-state index is 13.0. The summed E-state index contributed by atoms with van der Waals surface area (Å²) in [4.78, 5) is 2.24. The van der Waals surface area contributed by atoms with Crippen molar-refractivity contribution in [1.82, 2.24) is 4.90 Å². The van der Waals surface area contributed by atoms with Gasteiger partial charge in [0.2, 0.25) is 0 Å². The summed E-state index contributed by atoms with van der Waals surface area (Å²) >= 11 is 0. The van der Waals surface area contributed by atoms with E-state index in [1.807, 2.05) is 12.1 Å². The topological polar surface area (TPSA) is 12.5 Å². The molecule has 2 nitrogen and oxygen atoms in total. The van der Waals surface area contributed by atoms with Crippen LogP contribution in [0.4, 0.5) is 4.39 Å². The number of fused-ring (bicyclic) bond motifs is 1. The van der Waals surface area contributed by atoms with Crippen LogP contribution in [0.1, 0.15) is 37.0 Å². The van der Waals surface area contributed by atoms with Crippen LogP contribution >= 0.6 is 0 Å². The molecule has 144 valence electrons. The third kappa shape index (κ3) is 5.20. The third-order valence-corrected chi connectivity index (χ3v) is 5.25. The molecular weight excluding hydrogens is 337 g/mol. The van der Waals surface area contributed by atoms with E-state index in [2.05, 4.69) is 51.0 Å². The van der Waals surface area contributed by atoms with E-state index in [1.54, 1.807) is 0 Å². The second-order valence-electron chi connectivity index (χ2n) is 8.03. The summed E-state index contributed by atoms with van der Waals surface area (Å²) in [6, 6.07) is 13.2. The SMILES string of the molecule is CC1=C(CN(C)C)CCc2cc(OC[C@@H](C)Cc3ccc(F)cc3)ccc21. The van der Waals surface area contributed by atoms with Crippen LogP contribution in [-0.2, 0) is 12.8 Å². The number of benzene rings is 2. The number of nitrogens with zero attached hydrogens (tertiary/aromatic N) is 1. The Morgan fingerprint density at radius 2 is 1.81 bits per heavy atom. The van der Waals surface area contributed by atoms with Gasteiger partial charge in [0.05, 0.1) is 6.61 Å². The molecule has 0 saturated heterocycles. The predicted octanol–water partition coefficient (Wildman–Crippen LogP) is 5.36. The van der Waals surface area contributed by atoms with Crippen molar-refractivity contribution in [2.75, 3.05) is 27.2 Å². The van der Waals surface area contributed by atoms with Crippen LogP contribution < -0.4 is 4.74 Å². The van der Waals surface area contributed by atoms with Gasteiger partial charge in [-0.1, -0.05) is 30.7 Å². The number of rotatable bonds is 7. The molecule has 2 aromatic rings. The smallest absolute Gasteiger partial charge is 0.123 e. The third-order valence-electron chi connectivity index (χ3n) is 5.25. The Balaban J connectivity index is 1.61. The average molecular weight is 368 g/mol. The van der Waals surface area contributed by atoms with Crippen LogP contribution in [-0.4, -0.2) is 32.1 Å². The number of aryl methyl sites for hydroxylation is 1. The summed E-state index contributed by atoms with van der Waals surface area (Å²) in [7, 11) is 4.25. The molecule has 0 aliphatic heterocycles. The molecule has 1 aliphatic rings. The number of hydrogen-bond donors (Lipinski definition) is 0. The predicted molar refractivity (Wildman–Crippen MR) is 111 cm³/mol. The first-order valence-corrected chi connectivity index (χ1v) is 9.76. The highest BCUT2D eigenvalue weighted by Crippen LogP contribution is 2.33. The molecule has 0 aromatic heterocycles. The van der Waals surface area contributed by atoms with Gasteiger partial charge in [0.15, 0.2) is 0 Å². The molecule has 0 heterocycles. The monoisotopic (exact) mass is 367 g/mol. The maximum Gasteiger partial charge on any atom is 0.123 e. The standard InChI is InChI=1S/C24H30FNO/c1-17(13-19-5-9-22(25)10-6-19)16-27-23-11-12-24-18(2)21(15-26(3)4)8-7-20(24)14-23/h5-6,9-12,14,17H,7-8,13,15-16H2,1-4H3/t17-/m0/s1. The van der Waals surface area contributed by atoms with Gasteiger partial charge in [0, 0.05) is 6.54 Å². The second kappa shape index (κ2) is 8.71. The molecule has 0 unspecified atom stereocenters. The molecule has 0 fully saturated rings. The first-order chi connectivity index (χ1) is 12.9. The summed E-state index contributed by atoms with van der Waals surface area (Å²) in [5.74, 6) is 1.14. The summed E-state index contributed by atoms with van der Waals surface area (Å²) in [5, 5.41) is 0. The first-order valence-electron chi connectivity index (χ1n) is 9.76. The van der Waals surface area contributed by atoms with Crippen molar-refractivity contribution in [2.45, 2.75) is 33.1 Å². The molecule has 1 atom stereocenters. The van der Waals surface area contributed by atoms with Crippen molar-refractivity contribution in [3.05, 3.63) is 70.5 Å². The van der Waals surface area contributed by atoms with Crippen LogP contribution in [0.5, 0.6) is 5.75 Å². The molecular formula is C24H30FNO. The van der Waals surface area contributed by atoms with E-state index in [0.29, 0.717) is 12.5 Å². The molecule has 0 spiro atoms. The van der Waals surface area contributed by atoms with E-state index in [-0.39, 0.29) is 5.82 Å². The zero-order valence-corrected chi connectivity index (χ0v) is 16.9. The molecule has 3 heteroatoms. The molecule has 0 bridgehead atoms. The van der Waals surface area contributed by atoms with E-state index >= 15 is 0 Å². The Morgan fingerprint density at radius 3 is 2.52 bits per heavy atom. The Bertz CT molecular complexity index is 808. The van der Waals surface area contributed by atoms with Gasteiger partial charge < -0.3 is 9.64 Å². The number of hydrogen-bond acceptors (Lipinski definition) is 2. The zero-order chi connectivity index (χ0) is 19.4. The number of halogens is 1. The number of allylic oxidation sites excluding steroid dienone is 1. The molecule has 0 saturated carbocycles.